The van der Waals surface area contributed by atoms with Crippen LogP contribution in [0.1, 0.15) is 50.9 Å². The Kier molecular flexibility index (Phi) is 5.14. The van der Waals surface area contributed by atoms with Crippen LogP contribution in [0.15, 0.2) is 30.3 Å². The molecule has 0 bridgehead atoms. The SMILES string of the molecule is CCCc1nc(N)cc(Oc2ccccc2C(C)CC)n1. The Bertz CT molecular complexity index is 598. The van der Waals surface area contributed by atoms with Gasteiger partial charge in [-0.3, -0.25) is 0 Å². The molecule has 2 rings (SSSR count). The minimum Gasteiger partial charge on any atom is -0.439 e. The second kappa shape index (κ2) is 7.07. The molecule has 0 radical (unpaired) electrons. The van der Waals surface area contributed by atoms with Gasteiger partial charge in [0.25, 0.3) is 0 Å². The first kappa shape index (κ1) is 15.3. The quantitative estimate of drug-likeness (QED) is 0.858. The number of nitrogens with zero attached hydrogens (tertiary/aromatic N) is 2. The summed E-state index contributed by atoms with van der Waals surface area (Å²) < 4.78 is 5.97. The van der Waals surface area contributed by atoms with Gasteiger partial charge in [-0.15, -0.1) is 0 Å². The number of aryl methyl sites for hydroxylation is 1. The summed E-state index contributed by atoms with van der Waals surface area (Å²) in [5, 5.41) is 0. The van der Waals surface area contributed by atoms with Crippen LogP contribution in [0.4, 0.5) is 5.82 Å². The Labute approximate surface area is 126 Å². The van der Waals surface area contributed by atoms with E-state index in [1.54, 1.807) is 6.07 Å². The van der Waals surface area contributed by atoms with Crippen LogP contribution in [0.5, 0.6) is 11.6 Å². The van der Waals surface area contributed by atoms with E-state index in [0.717, 1.165) is 30.8 Å². The van der Waals surface area contributed by atoms with Gasteiger partial charge in [0.15, 0.2) is 0 Å². The first-order valence-electron chi connectivity index (χ1n) is 7.54. The van der Waals surface area contributed by atoms with Crippen molar-refractivity contribution in [3.63, 3.8) is 0 Å². The maximum atomic E-state index is 5.97. The van der Waals surface area contributed by atoms with Crippen LogP contribution in [-0.2, 0) is 6.42 Å². The number of hydrogen-bond donors (Lipinski definition) is 1. The molecule has 1 atom stereocenters. The van der Waals surface area contributed by atoms with Crippen LogP contribution in [-0.4, -0.2) is 9.97 Å². The Hall–Kier alpha value is -2.10. The van der Waals surface area contributed by atoms with Crippen LogP contribution < -0.4 is 10.5 Å². The molecule has 0 spiro atoms. The van der Waals surface area contributed by atoms with Gasteiger partial charge in [0.2, 0.25) is 5.88 Å². The topological polar surface area (TPSA) is 61.0 Å². The molecule has 0 saturated heterocycles. The summed E-state index contributed by atoms with van der Waals surface area (Å²) in [6.07, 6.45) is 2.84. The second-order valence-electron chi connectivity index (χ2n) is 5.25. The van der Waals surface area contributed by atoms with E-state index in [0.29, 0.717) is 17.6 Å². The second-order valence-corrected chi connectivity index (χ2v) is 5.25. The van der Waals surface area contributed by atoms with Crippen molar-refractivity contribution >= 4 is 5.82 Å². The highest BCUT2D eigenvalue weighted by Crippen LogP contribution is 2.31. The van der Waals surface area contributed by atoms with Gasteiger partial charge in [0.1, 0.15) is 17.4 Å². The molecule has 0 saturated carbocycles. The molecule has 1 aromatic heterocycles. The van der Waals surface area contributed by atoms with Gasteiger partial charge in [-0.2, -0.15) is 4.98 Å². The first-order valence-corrected chi connectivity index (χ1v) is 7.54. The summed E-state index contributed by atoms with van der Waals surface area (Å²) in [6, 6.07) is 9.75. The van der Waals surface area contributed by atoms with Crippen LogP contribution in [0.25, 0.3) is 0 Å². The lowest BCUT2D eigenvalue weighted by Gasteiger charge is -2.15. The molecule has 1 unspecified atom stereocenters. The van der Waals surface area contributed by atoms with Gasteiger partial charge in [-0.25, -0.2) is 4.98 Å². The predicted molar refractivity (Wildman–Crippen MR) is 85.7 cm³/mol. The largest absolute Gasteiger partial charge is 0.439 e. The Morgan fingerprint density at radius 1 is 1.19 bits per heavy atom. The van der Waals surface area contributed by atoms with Crippen molar-refractivity contribution < 1.29 is 4.74 Å². The van der Waals surface area contributed by atoms with Crippen LogP contribution in [0.3, 0.4) is 0 Å². The fourth-order valence-electron chi connectivity index (χ4n) is 2.19. The molecule has 0 aliphatic carbocycles. The number of nitrogens with two attached hydrogens (primary N) is 1. The van der Waals surface area contributed by atoms with Gasteiger partial charge in [-0.05, 0) is 30.4 Å². The molecule has 4 nitrogen and oxygen atoms in total. The third-order valence-electron chi connectivity index (χ3n) is 3.52. The highest BCUT2D eigenvalue weighted by Gasteiger charge is 2.12. The third-order valence-corrected chi connectivity index (χ3v) is 3.52. The van der Waals surface area contributed by atoms with Gasteiger partial charge in [-0.1, -0.05) is 39.0 Å². The Morgan fingerprint density at radius 3 is 2.67 bits per heavy atom. The fourth-order valence-corrected chi connectivity index (χ4v) is 2.19. The summed E-state index contributed by atoms with van der Waals surface area (Å²) in [5.41, 5.74) is 7.03. The molecule has 2 aromatic rings. The molecule has 112 valence electrons. The maximum absolute atomic E-state index is 5.97. The van der Waals surface area contributed by atoms with Gasteiger partial charge in [0.05, 0.1) is 0 Å². The molecular weight excluding hydrogens is 262 g/mol. The Morgan fingerprint density at radius 2 is 1.95 bits per heavy atom. The summed E-state index contributed by atoms with van der Waals surface area (Å²) in [7, 11) is 0. The first-order chi connectivity index (χ1) is 10.1. The van der Waals surface area contributed by atoms with E-state index >= 15 is 0 Å². The van der Waals surface area contributed by atoms with Crippen molar-refractivity contribution in [2.75, 3.05) is 5.73 Å². The molecule has 1 heterocycles. The van der Waals surface area contributed by atoms with Gasteiger partial charge < -0.3 is 10.5 Å². The van der Waals surface area contributed by atoms with Crippen molar-refractivity contribution in [1.82, 2.24) is 9.97 Å². The van der Waals surface area contributed by atoms with E-state index in [2.05, 4.69) is 36.8 Å². The molecule has 0 aliphatic heterocycles. The predicted octanol–water partition coefficient (Wildman–Crippen LogP) is 4.32. The zero-order chi connectivity index (χ0) is 15.2. The number of rotatable bonds is 6. The standard InChI is InChI=1S/C17H23N3O/c1-4-8-16-19-15(18)11-17(20-16)21-14-10-7-6-9-13(14)12(3)5-2/h6-7,9-12H,4-5,8H2,1-3H3,(H2,18,19,20). The lowest BCUT2D eigenvalue weighted by molar-refractivity contribution is 0.448. The third kappa shape index (κ3) is 3.94. The molecular formula is C17H23N3O. The van der Waals surface area contributed by atoms with Crippen molar-refractivity contribution in [3.05, 3.63) is 41.7 Å². The van der Waals surface area contributed by atoms with E-state index in [4.69, 9.17) is 10.5 Å². The average molecular weight is 285 g/mol. The number of nitrogen functional groups attached to an aromatic ring is 1. The summed E-state index contributed by atoms with van der Waals surface area (Å²) in [4.78, 5) is 8.66. The molecule has 0 amide bonds. The molecule has 2 N–H and O–H groups in total. The van der Waals surface area contributed by atoms with E-state index in [1.807, 2.05) is 18.2 Å². The van der Waals surface area contributed by atoms with Crippen LogP contribution >= 0.6 is 0 Å². The van der Waals surface area contributed by atoms with Crippen molar-refractivity contribution in [1.29, 1.82) is 0 Å². The summed E-state index contributed by atoms with van der Waals surface area (Å²) in [5.74, 6) is 2.97. The van der Waals surface area contributed by atoms with Crippen molar-refractivity contribution in [2.45, 2.75) is 46.0 Å². The Balaban J connectivity index is 2.30. The normalized spacial score (nSPS) is 12.1. The van der Waals surface area contributed by atoms with Crippen LogP contribution in [0.2, 0.25) is 0 Å². The number of para-hydroxylation sites is 1. The van der Waals surface area contributed by atoms with E-state index in [9.17, 15) is 0 Å². The number of anilines is 1. The van der Waals surface area contributed by atoms with E-state index < -0.39 is 0 Å². The zero-order valence-electron chi connectivity index (χ0n) is 13.0. The molecule has 0 aliphatic rings. The zero-order valence-corrected chi connectivity index (χ0v) is 13.0. The van der Waals surface area contributed by atoms with Crippen molar-refractivity contribution in [3.8, 4) is 11.6 Å². The number of aromatic nitrogens is 2. The summed E-state index contributed by atoms with van der Waals surface area (Å²) in [6.45, 7) is 6.45. The van der Waals surface area contributed by atoms with Crippen molar-refractivity contribution in [2.24, 2.45) is 0 Å². The smallest absolute Gasteiger partial charge is 0.224 e. The maximum Gasteiger partial charge on any atom is 0.224 e. The fraction of sp³-hybridized carbons (Fsp3) is 0.412. The molecule has 4 heteroatoms. The highest BCUT2D eigenvalue weighted by molar-refractivity contribution is 5.40. The van der Waals surface area contributed by atoms with Gasteiger partial charge in [0, 0.05) is 12.5 Å². The molecule has 1 aromatic carbocycles. The molecule has 21 heavy (non-hydrogen) atoms. The minimum absolute atomic E-state index is 0.440. The highest BCUT2D eigenvalue weighted by atomic mass is 16.5. The van der Waals surface area contributed by atoms with Gasteiger partial charge >= 0.3 is 0 Å². The summed E-state index contributed by atoms with van der Waals surface area (Å²) >= 11 is 0. The average Bonchev–Trinajstić information content (AvgIpc) is 2.47. The number of ether oxygens (including phenoxy) is 1. The number of hydrogen-bond acceptors (Lipinski definition) is 4. The lowest BCUT2D eigenvalue weighted by atomic mass is 9.98. The minimum atomic E-state index is 0.440. The van der Waals surface area contributed by atoms with Crippen LogP contribution in [0, 0.1) is 0 Å². The lowest BCUT2D eigenvalue weighted by Crippen LogP contribution is -2.02. The number of benzene rings is 1. The van der Waals surface area contributed by atoms with E-state index in [-0.39, 0.29) is 0 Å². The molecule has 0 fully saturated rings. The monoisotopic (exact) mass is 285 g/mol. The van der Waals surface area contributed by atoms with E-state index in [1.165, 1.54) is 5.56 Å².